The first kappa shape index (κ1) is 18.9. The number of rotatable bonds is 5. The third-order valence-corrected chi connectivity index (χ3v) is 6.15. The molecule has 0 aromatic rings. The van der Waals surface area contributed by atoms with Crippen LogP contribution in [0.2, 0.25) is 0 Å². The second-order valence-electron chi connectivity index (χ2n) is 7.73. The van der Waals surface area contributed by atoms with Crippen LogP contribution in [0.5, 0.6) is 0 Å². The summed E-state index contributed by atoms with van der Waals surface area (Å²) in [5.41, 5.74) is 0. The number of ether oxygens (including phenoxy) is 2. The van der Waals surface area contributed by atoms with Crippen molar-refractivity contribution in [3.8, 4) is 0 Å². The Morgan fingerprint density at radius 3 is 2.60 bits per heavy atom. The third kappa shape index (κ3) is 4.12. The maximum absolute atomic E-state index is 12.5. The molecule has 3 fully saturated rings. The number of fused-ring (bicyclic) bond motifs is 1. The molecule has 1 spiro atoms. The van der Waals surface area contributed by atoms with Crippen LogP contribution in [0.15, 0.2) is 0 Å². The van der Waals surface area contributed by atoms with E-state index in [2.05, 4.69) is 17.1 Å². The number of carbonyl (C=O) groups excluding carboxylic acids is 1. The van der Waals surface area contributed by atoms with Gasteiger partial charge in [-0.05, 0) is 45.6 Å². The van der Waals surface area contributed by atoms with Crippen LogP contribution >= 0.6 is 0 Å². The molecule has 25 heavy (non-hydrogen) atoms. The predicted octanol–water partition coefficient (Wildman–Crippen LogP) is 2.43. The summed E-state index contributed by atoms with van der Waals surface area (Å²) >= 11 is 0. The average Bonchev–Trinajstić information content (AvgIpc) is 3.03. The highest BCUT2D eigenvalue weighted by molar-refractivity contribution is 5.74. The molecule has 3 atom stereocenters. The molecule has 144 valence electrons. The molecule has 1 N–H and O–H groups in total. The van der Waals surface area contributed by atoms with E-state index in [9.17, 15) is 4.79 Å². The lowest BCUT2D eigenvalue weighted by atomic mass is 9.74. The zero-order valence-electron chi connectivity index (χ0n) is 16.1. The van der Waals surface area contributed by atoms with E-state index >= 15 is 0 Å². The lowest BCUT2D eigenvalue weighted by molar-refractivity contribution is -0.201. The summed E-state index contributed by atoms with van der Waals surface area (Å²) in [6.45, 7) is 11.3. The minimum absolute atomic E-state index is 0.0730. The van der Waals surface area contributed by atoms with Crippen LogP contribution < -0.4 is 5.32 Å². The van der Waals surface area contributed by atoms with Gasteiger partial charge >= 0.3 is 6.03 Å². The van der Waals surface area contributed by atoms with E-state index in [1.54, 1.807) is 0 Å². The van der Waals surface area contributed by atoms with Crippen molar-refractivity contribution in [3.63, 3.8) is 0 Å². The van der Waals surface area contributed by atoms with Gasteiger partial charge in [-0.2, -0.15) is 0 Å². The quantitative estimate of drug-likeness (QED) is 0.825. The molecule has 0 unspecified atom stereocenters. The molecule has 3 aliphatic rings. The maximum Gasteiger partial charge on any atom is 0.317 e. The number of nitrogens with zero attached hydrogens (tertiary/aromatic N) is 2. The Bertz CT molecular complexity index is 449. The summed E-state index contributed by atoms with van der Waals surface area (Å²) in [6.07, 6.45) is 5.30. The number of piperidine rings is 1. The first-order valence-electron chi connectivity index (χ1n) is 10.2. The SMILES string of the molecule is CCCN1C[C@@H](NC(=O)N(CC)CC)C[C@@H]2CC3(CC[C@H]21)OCCO3. The fourth-order valence-corrected chi connectivity index (χ4v) is 5.01. The van der Waals surface area contributed by atoms with E-state index in [0.717, 1.165) is 71.5 Å². The second kappa shape index (κ2) is 8.23. The Morgan fingerprint density at radius 2 is 1.96 bits per heavy atom. The van der Waals surface area contributed by atoms with Gasteiger partial charge in [-0.1, -0.05) is 6.92 Å². The van der Waals surface area contributed by atoms with Gasteiger partial charge in [-0.3, -0.25) is 4.90 Å². The zero-order valence-corrected chi connectivity index (χ0v) is 16.1. The van der Waals surface area contributed by atoms with Gasteiger partial charge in [0.15, 0.2) is 5.79 Å². The van der Waals surface area contributed by atoms with Crippen molar-refractivity contribution in [2.24, 2.45) is 5.92 Å². The van der Waals surface area contributed by atoms with E-state index in [4.69, 9.17) is 9.47 Å². The minimum Gasteiger partial charge on any atom is -0.348 e. The van der Waals surface area contributed by atoms with Crippen LogP contribution in [-0.2, 0) is 9.47 Å². The number of nitrogens with one attached hydrogen (secondary N) is 1. The third-order valence-electron chi connectivity index (χ3n) is 6.15. The van der Waals surface area contributed by atoms with Crippen molar-refractivity contribution in [2.75, 3.05) is 39.4 Å². The highest BCUT2D eigenvalue weighted by Gasteiger charge is 2.49. The molecule has 0 bridgehead atoms. The smallest absolute Gasteiger partial charge is 0.317 e. The number of carbonyl (C=O) groups is 1. The molecule has 3 rings (SSSR count). The van der Waals surface area contributed by atoms with Crippen LogP contribution in [0.25, 0.3) is 0 Å². The van der Waals surface area contributed by atoms with Gasteiger partial charge in [0.2, 0.25) is 0 Å². The molecule has 6 nitrogen and oxygen atoms in total. The van der Waals surface area contributed by atoms with Crippen molar-refractivity contribution in [1.29, 1.82) is 0 Å². The number of hydrogen-bond acceptors (Lipinski definition) is 4. The summed E-state index contributed by atoms with van der Waals surface area (Å²) in [4.78, 5) is 17.0. The Morgan fingerprint density at radius 1 is 1.24 bits per heavy atom. The van der Waals surface area contributed by atoms with Gasteiger partial charge in [-0.15, -0.1) is 0 Å². The number of likely N-dealkylation sites (tertiary alicyclic amines) is 1. The molecular formula is C19H35N3O3. The molecular weight excluding hydrogens is 318 g/mol. The van der Waals surface area contributed by atoms with Gasteiger partial charge < -0.3 is 19.7 Å². The van der Waals surface area contributed by atoms with Crippen molar-refractivity contribution in [3.05, 3.63) is 0 Å². The second-order valence-corrected chi connectivity index (χ2v) is 7.73. The van der Waals surface area contributed by atoms with Gasteiger partial charge in [0.1, 0.15) is 0 Å². The monoisotopic (exact) mass is 353 g/mol. The van der Waals surface area contributed by atoms with Crippen LogP contribution in [0.4, 0.5) is 4.79 Å². The molecule has 2 saturated heterocycles. The van der Waals surface area contributed by atoms with Gasteiger partial charge in [-0.25, -0.2) is 4.79 Å². The standard InChI is InChI=1S/C19H35N3O3/c1-4-9-22-14-16(20-18(23)21(5-2)6-3)12-15-13-19(8-7-17(15)22)24-10-11-25-19/h15-17H,4-14H2,1-3H3,(H,20,23)/t15-,16+,17-/m1/s1. The van der Waals surface area contributed by atoms with E-state index in [-0.39, 0.29) is 17.9 Å². The molecule has 2 heterocycles. The highest BCUT2D eigenvalue weighted by Crippen LogP contribution is 2.44. The van der Waals surface area contributed by atoms with E-state index in [0.29, 0.717) is 12.0 Å². The van der Waals surface area contributed by atoms with Crippen LogP contribution in [0, 0.1) is 5.92 Å². The summed E-state index contributed by atoms with van der Waals surface area (Å²) < 4.78 is 12.0. The van der Waals surface area contributed by atoms with E-state index < -0.39 is 0 Å². The lowest BCUT2D eigenvalue weighted by Gasteiger charge is -2.51. The Labute approximate surface area is 152 Å². The summed E-state index contributed by atoms with van der Waals surface area (Å²) in [6, 6.07) is 0.904. The molecule has 1 aliphatic carbocycles. The molecule has 2 aliphatic heterocycles. The van der Waals surface area contributed by atoms with E-state index in [1.807, 2.05) is 18.7 Å². The highest BCUT2D eigenvalue weighted by atomic mass is 16.7. The Kier molecular flexibility index (Phi) is 6.23. The Hall–Kier alpha value is -0.850. The molecule has 0 aromatic heterocycles. The van der Waals surface area contributed by atoms with Crippen molar-refractivity contribution < 1.29 is 14.3 Å². The fraction of sp³-hybridized carbons (Fsp3) is 0.947. The normalized spacial score (nSPS) is 31.7. The number of amides is 2. The van der Waals surface area contributed by atoms with E-state index in [1.165, 1.54) is 0 Å². The van der Waals surface area contributed by atoms with Gasteiger partial charge in [0.25, 0.3) is 0 Å². The average molecular weight is 354 g/mol. The summed E-state index contributed by atoms with van der Waals surface area (Å²) in [5, 5.41) is 3.28. The topological polar surface area (TPSA) is 54.0 Å². The predicted molar refractivity (Wildman–Crippen MR) is 97.5 cm³/mol. The maximum atomic E-state index is 12.5. The zero-order chi connectivity index (χ0) is 17.9. The molecule has 2 amide bonds. The largest absolute Gasteiger partial charge is 0.348 e. The molecule has 6 heteroatoms. The van der Waals surface area contributed by atoms with Crippen molar-refractivity contribution in [2.45, 2.75) is 70.7 Å². The molecule has 0 aromatic carbocycles. The fourth-order valence-electron chi connectivity index (χ4n) is 5.01. The first-order chi connectivity index (χ1) is 12.1. The number of hydrogen-bond donors (Lipinski definition) is 1. The Balaban J connectivity index is 1.67. The number of urea groups is 1. The minimum atomic E-state index is -0.343. The lowest BCUT2D eigenvalue weighted by Crippen LogP contribution is -2.60. The van der Waals surface area contributed by atoms with Crippen LogP contribution in [0.3, 0.4) is 0 Å². The van der Waals surface area contributed by atoms with Gasteiger partial charge in [0.05, 0.1) is 13.2 Å². The van der Waals surface area contributed by atoms with Crippen molar-refractivity contribution >= 4 is 6.03 Å². The van der Waals surface area contributed by atoms with Crippen LogP contribution in [-0.4, -0.2) is 73.1 Å². The summed E-state index contributed by atoms with van der Waals surface area (Å²) in [7, 11) is 0. The molecule has 0 radical (unpaired) electrons. The van der Waals surface area contributed by atoms with Gasteiger partial charge in [0, 0.05) is 44.6 Å². The molecule has 1 saturated carbocycles. The van der Waals surface area contributed by atoms with Crippen molar-refractivity contribution in [1.82, 2.24) is 15.1 Å². The summed E-state index contributed by atoms with van der Waals surface area (Å²) in [5.74, 6) is 0.193. The first-order valence-corrected chi connectivity index (χ1v) is 10.2. The van der Waals surface area contributed by atoms with Crippen LogP contribution in [0.1, 0.15) is 52.9 Å².